The van der Waals surface area contributed by atoms with Gasteiger partial charge in [0.05, 0.1) is 9.92 Å². The van der Waals surface area contributed by atoms with Crippen molar-refractivity contribution in [3.8, 4) is 5.75 Å². The van der Waals surface area contributed by atoms with Gasteiger partial charge in [-0.2, -0.15) is 0 Å². The summed E-state index contributed by atoms with van der Waals surface area (Å²) in [6, 6.07) is 10.1. The normalized spacial score (nSPS) is 12.5. The van der Waals surface area contributed by atoms with Crippen LogP contribution in [0.5, 0.6) is 5.75 Å². The van der Waals surface area contributed by atoms with Crippen LogP contribution in [-0.4, -0.2) is 20.4 Å². The molecule has 2 aromatic carbocycles. The minimum Gasteiger partial charge on any atom is -0.479 e. The second-order valence-electron chi connectivity index (χ2n) is 4.89. The summed E-state index contributed by atoms with van der Waals surface area (Å²) in [5.74, 6) is -0.0994. The highest BCUT2D eigenvalue weighted by Crippen LogP contribution is 2.28. The molecule has 1 atom stereocenters. The van der Waals surface area contributed by atoms with Crippen molar-refractivity contribution in [1.29, 1.82) is 0 Å². The first-order valence-electron chi connectivity index (χ1n) is 6.72. The Morgan fingerprint density at radius 1 is 1.17 bits per heavy atom. The van der Waals surface area contributed by atoms with E-state index in [9.17, 15) is 13.2 Å². The first kappa shape index (κ1) is 18.5. The van der Waals surface area contributed by atoms with E-state index in [4.69, 9.17) is 33.1 Å². The summed E-state index contributed by atoms with van der Waals surface area (Å²) >= 11 is 11.8. The monoisotopic (exact) mass is 388 g/mol. The fourth-order valence-electron chi connectivity index (χ4n) is 1.79. The van der Waals surface area contributed by atoms with Gasteiger partial charge in [0.1, 0.15) is 5.75 Å². The standard InChI is InChI=1S/C15H14Cl2N2O4S/c1-9(23-14-7-2-10(16)8-13(14)17)15(20)19-11-3-5-12(6-4-11)24(18,21)22/h2-9H,1H3,(H,19,20)(H2,18,21,22)/t9-/m1/s1. The lowest BCUT2D eigenvalue weighted by atomic mass is 10.3. The second-order valence-corrected chi connectivity index (χ2v) is 7.30. The van der Waals surface area contributed by atoms with Gasteiger partial charge >= 0.3 is 0 Å². The molecule has 2 rings (SSSR count). The first-order valence-corrected chi connectivity index (χ1v) is 9.02. The van der Waals surface area contributed by atoms with E-state index in [0.29, 0.717) is 21.5 Å². The van der Waals surface area contributed by atoms with Gasteiger partial charge in [0.15, 0.2) is 6.10 Å². The predicted molar refractivity (Wildman–Crippen MR) is 93.0 cm³/mol. The fourth-order valence-corrected chi connectivity index (χ4v) is 2.76. The van der Waals surface area contributed by atoms with E-state index in [2.05, 4.69) is 5.32 Å². The molecule has 0 spiro atoms. The molecular formula is C15H14Cl2N2O4S. The zero-order chi connectivity index (χ0) is 17.9. The smallest absolute Gasteiger partial charge is 0.265 e. The summed E-state index contributed by atoms with van der Waals surface area (Å²) < 4.78 is 27.9. The molecule has 9 heteroatoms. The van der Waals surface area contributed by atoms with Gasteiger partial charge in [0, 0.05) is 10.7 Å². The molecule has 0 saturated carbocycles. The third kappa shape index (κ3) is 4.85. The van der Waals surface area contributed by atoms with E-state index >= 15 is 0 Å². The largest absolute Gasteiger partial charge is 0.479 e. The number of primary sulfonamides is 1. The Labute approximate surface area is 149 Å². The summed E-state index contributed by atoms with van der Waals surface area (Å²) in [5, 5.41) is 8.36. The van der Waals surface area contributed by atoms with Gasteiger partial charge in [0.2, 0.25) is 10.0 Å². The minimum atomic E-state index is -3.78. The molecule has 0 fully saturated rings. The molecule has 3 N–H and O–H groups in total. The Bertz CT molecular complexity index is 854. The number of nitrogens with one attached hydrogen (secondary N) is 1. The number of anilines is 1. The zero-order valence-electron chi connectivity index (χ0n) is 12.5. The number of hydrogen-bond donors (Lipinski definition) is 2. The number of halogens is 2. The number of ether oxygens (including phenoxy) is 1. The van der Waals surface area contributed by atoms with E-state index in [0.717, 1.165) is 0 Å². The van der Waals surface area contributed by atoms with Crippen LogP contribution in [0.3, 0.4) is 0 Å². The van der Waals surface area contributed by atoms with Gasteiger partial charge < -0.3 is 10.1 Å². The number of sulfonamides is 1. The van der Waals surface area contributed by atoms with E-state index < -0.39 is 22.0 Å². The van der Waals surface area contributed by atoms with Gasteiger partial charge in [-0.3, -0.25) is 4.79 Å². The maximum absolute atomic E-state index is 12.1. The molecule has 0 aromatic heterocycles. The van der Waals surface area contributed by atoms with Crippen LogP contribution in [0.25, 0.3) is 0 Å². The Balaban J connectivity index is 2.03. The van der Waals surface area contributed by atoms with E-state index in [-0.39, 0.29) is 4.90 Å². The highest BCUT2D eigenvalue weighted by Gasteiger charge is 2.17. The molecule has 0 heterocycles. The lowest BCUT2D eigenvalue weighted by Gasteiger charge is -2.16. The lowest BCUT2D eigenvalue weighted by Crippen LogP contribution is -2.30. The molecule has 6 nitrogen and oxygen atoms in total. The number of rotatable bonds is 5. The van der Waals surface area contributed by atoms with Gasteiger partial charge in [-0.25, -0.2) is 13.6 Å². The van der Waals surface area contributed by atoms with Crippen LogP contribution in [-0.2, 0) is 14.8 Å². The minimum absolute atomic E-state index is 0.0438. The topological polar surface area (TPSA) is 98.5 Å². The molecule has 0 bridgehead atoms. The number of hydrogen-bond acceptors (Lipinski definition) is 4. The summed E-state index contributed by atoms with van der Waals surface area (Å²) in [4.78, 5) is 12.1. The molecule has 1 amide bonds. The Morgan fingerprint density at radius 3 is 2.33 bits per heavy atom. The molecule has 128 valence electrons. The van der Waals surface area contributed by atoms with E-state index in [1.165, 1.54) is 30.3 Å². The van der Waals surface area contributed by atoms with E-state index in [1.54, 1.807) is 19.1 Å². The molecule has 2 aromatic rings. The van der Waals surface area contributed by atoms with Crippen molar-refractivity contribution in [2.24, 2.45) is 5.14 Å². The first-order chi connectivity index (χ1) is 11.2. The molecule has 0 radical (unpaired) electrons. The van der Waals surface area contributed by atoms with Crippen molar-refractivity contribution in [3.05, 3.63) is 52.5 Å². The number of carbonyl (C=O) groups excluding carboxylic acids is 1. The maximum atomic E-state index is 12.1. The molecule has 0 aliphatic heterocycles. The maximum Gasteiger partial charge on any atom is 0.265 e. The second kappa shape index (κ2) is 7.40. The predicted octanol–water partition coefficient (Wildman–Crippen LogP) is 3.05. The van der Waals surface area contributed by atoms with Crippen molar-refractivity contribution in [2.45, 2.75) is 17.9 Å². The summed E-state index contributed by atoms with van der Waals surface area (Å²) in [7, 11) is -3.78. The Morgan fingerprint density at radius 2 is 1.79 bits per heavy atom. The van der Waals surface area contributed by atoms with Crippen LogP contribution in [0.4, 0.5) is 5.69 Å². The Hall–Kier alpha value is -1.80. The molecule has 24 heavy (non-hydrogen) atoms. The van der Waals surface area contributed by atoms with Crippen molar-refractivity contribution < 1.29 is 17.9 Å². The van der Waals surface area contributed by atoms with Gasteiger partial charge in [-0.15, -0.1) is 0 Å². The van der Waals surface area contributed by atoms with Crippen LogP contribution < -0.4 is 15.2 Å². The van der Waals surface area contributed by atoms with Crippen LogP contribution in [0.15, 0.2) is 47.4 Å². The fraction of sp³-hybridized carbons (Fsp3) is 0.133. The molecule has 0 aliphatic rings. The number of carbonyl (C=O) groups is 1. The average Bonchev–Trinajstić information content (AvgIpc) is 2.49. The molecule has 0 unspecified atom stereocenters. The van der Waals surface area contributed by atoms with Crippen LogP contribution in [0, 0.1) is 0 Å². The average molecular weight is 389 g/mol. The lowest BCUT2D eigenvalue weighted by molar-refractivity contribution is -0.122. The number of nitrogens with two attached hydrogens (primary N) is 1. The summed E-state index contributed by atoms with van der Waals surface area (Å²) in [6.45, 7) is 1.55. The summed E-state index contributed by atoms with van der Waals surface area (Å²) in [6.07, 6.45) is -0.832. The van der Waals surface area contributed by atoms with Crippen molar-refractivity contribution in [1.82, 2.24) is 0 Å². The highest BCUT2D eigenvalue weighted by atomic mass is 35.5. The number of benzene rings is 2. The van der Waals surface area contributed by atoms with Gasteiger partial charge in [-0.1, -0.05) is 23.2 Å². The van der Waals surface area contributed by atoms with Gasteiger partial charge in [-0.05, 0) is 49.4 Å². The SMILES string of the molecule is C[C@@H](Oc1ccc(Cl)cc1Cl)C(=O)Nc1ccc(S(N)(=O)=O)cc1. The third-order valence-corrected chi connectivity index (χ3v) is 4.48. The molecule has 0 aliphatic carbocycles. The molecular weight excluding hydrogens is 375 g/mol. The van der Waals surface area contributed by atoms with E-state index in [1.807, 2.05) is 0 Å². The zero-order valence-corrected chi connectivity index (χ0v) is 14.8. The number of amides is 1. The highest BCUT2D eigenvalue weighted by molar-refractivity contribution is 7.89. The van der Waals surface area contributed by atoms with Crippen LogP contribution >= 0.6 is 23.2 Å². The van der Waals surface area contributed by atoms with Crippen molar-refractivity contribution in [2.75, 3.05) is 5.32 Å². The molecule has 0 saturated heterocycles. The van der Waals surface area contributed by atoms with Gasteiger partial charge in [0.25, 0.3) is 5.91 Å². The van der Waals surface area contributed by atoms with Crippen LogP contribution in [0.2, 0.25) is 10.0 Å². The quantitative estimate of drug-likeness (QED) is 0.821. The third-order valence-electron chi connectivity index (χ3n) is 3.02. The van der Waals surface area contributed by atoms with Crippen molar-refractivity contribution >= 4 is 44.8 Å². The van der Waals surface area contributed by atoms with Crippen molar-refractivity contribution in [3.63, 3.8) is 0 Å². The Kier molecular flexibility index (Phi) is 5.71. The summed E-state index contributed by atoms with van der Waals surface area (Å²) in [5.41, 5.74) is 0.407. The van der Waals surface area contributed by atoms with Crippen LogP contribution in [0.1, 0.15) is 6.92 Å².